The molecule has 3 heterocycles. The maximum absolute atomic E-state index is 14.0. The number of rotatable bonds is 5. The summed E-state index contributed by atoms with van der Waals surface area (Å²) in [5.74, 6) is -0.263. The summed E-state index contributed by atoms with van der Waals surface area (Å²) in [4.78, 5) is 36.5. The number of fused-ring (bicyclic) bond motifs is 1. The van der Waals surface area contributed by atoms with E-state index in [4.69, 9.17) is 4.84 Å². The number of carbonyl (C=O) groups excluding carboxylic acids is 2. The van der Waals surface area contributed by atoms with Crippen LogP contribution in [0, 0.1) is 12.7 Å². The van der Waals surface area contributed by atoms with Crippen LogP contribution >= 0.6 is 0 Å². The molecule has 2 aromatic rings. The Hall–Kier alpha value is -3.39. The molecule has 3 aliphatic heterocycles. The lowest BCUT2D eigenvalue weighted by atomic mass is 9.89. The highest BCUT2D eigenvalue weighted by molar-refractivity contribution is 5.79. The zero-order valence-corrected chi connectivity index (χ0v) is 25.1. The largest absolute Gasteiger partial charge is 0.429 e. The Morgan fingerprint density at radius 3 is 2.24 bits per heavy atom. The highest BCUT2D eigenvalue weighted by atomic mass is 19.4. The quantitative estimate of drug-likeness (QED) is 0.338. The average molecular weight is 645 g/mol. The number of halogens is 7. The zero-order chi connectivity index (χ0) is 32.8. The molecule has 0 aliphatic carbocycles. The third kappa shape index (κ3) is 7.06. The van der Waals surface area contributed by atoms with Gasteiger partial charge in [0.25, 0.3) is 0 Å². The molecule has 2 amide bonds. The normalized spacial score (nSPS) is 24.0. The number of alkyl halides is 6. The number of hydrogen-bond acceptors (Lipinski definition) is 5. The van der Waals surface area contributed by atoms with Gasteiger partial charge in [-0.2, -0.15) is 26.3 Å². The van der Waals surface area contributed by atoms with E-state index in [0.717, 1.165) is 23.4 Å². The van der Waals surface area contributed by atoms with Gasteiger partial charge in [0.15, 0.2) is 0 Å². The molecule has 4 atom stereocenters. The van der Waals surface area contributed by atoms with Crippen molar-refractivity contribution >= 4 is 12.0 Å². The molecule has 5 rings (SSSR count). The summed E-state index contributed by atoms with van der Waals surface area (Å²) >= 11 is 0. The first-order valence-corrected chi connectivity index (χ1v) is 14.8. The van der Waals surface area contributed by atoms with Crippen LogP contribution in [-0.4, -0.2) is 77.1 Å². The second-order valence-electron chi connectivity index (χ2n) is 12.1. The van der Waals surface area contributed by atoms with Gasteiger partial charge in [-0.1, -0.05) is 6.07 Å². The van der Waals surface area contributed by atoms with Crippen molar-refractivity contribution in [3.8, 4) is 0 Å². The summed E-state index contributed by atoms with van der Waals surface area (Å²) in [6, 6.07) is 4.08. The number of piperidine rings is 1. The molecule has 0 spiro atoms. The van der Waals surface area contributed by atoms with Gasteiger partial charge in [0.2, 0.25) is 5.91 Å². The topological polar surface area (TPSA) is 56.3 Å². The molecule has 3 fully saturated rings. The van der Waals surface area contributed by atoms with E-state index in [1.165, 1.54) is 31.2 Å². The smallest absolute Gasteiger partial charge is 0.350 e. The molecule has 0 N–H and O–H groups in total. The number of carbonyl (C=O) groups is 2. The summed E-state index contributed by atoms with van der Waals surface area (Å²) in [6.07, 6.45) is -8.57. The molecular weight excluding hydrogens is 609 g/mol. The maximum Gasteiger partial charge on any atom is 0.429 e. The van der Waals surface area contributed by atoms with E-state index in [1.54, 1.807) is 13.0 Å². The van der Waals surface area contributed by atoms with Crippen LogP contribution in [0.3, 0.4) is 0 Å². The van der Waals surface area contributed by atoms with E-state index < -0.39 is 47.5 Å². The van der Waals surface area contributed by atoms with Crippen LogP contribution in [0.1, 0.15) is 72.5 Å². The van der Waals surface area contributed by atoms with Crippen LogP contribution in [0.25, 0.3) is 0 Å². The minimum atomic E-state index is -5.03. The second kappa shape index (κ2) is 12.4. The highest BCUT2D eigenvalue weighted by Gasteiger charge is 2.42. The van der Waals surface area contributed by atoms with Gasteiger partial charge in [-0.15, -0.1) is 5.06 Å². The lowest BCUT2D eigenvalue weighted by Crippen LogP contribution is -2.57. The summed E-state index contributed by atoms with van der Waals surface area (Å²) in [6.45, 7) is 5.39. The van der Waals surface area contributed by atoms with Crippen LogP contribution in [0.15, 0.2) is 36.4 Å². The number of amides is 2. The average Bonchev–Trinajstić information content (AvgIpc) is 3.35. The minimum absolute atomic E-state index is 0.0404. The van der Waals surface area contributed by atoms with Crippen molar-refractivity contribution in [1.82, 2.24) is 19.8 Å². The van der Waals surface area contributed by atoms with Gasteiger partial charge >= 0.3 is 18.4 Å². The fourth-order valence-electron chi connectivity index (χ4n) is 6.65. The first-order valence-electron chi connectivity index (χ1n) is 14.8. The van der Waals surface area contributed by atoms with Gasteiger partial charge in [-0.05, 0) is 80.1 Å². The summed E-state index contributed by atoms with van der Waals surface area (Å²) in [7, 11) is 1.24. The molecule has 0 aromatic heterocycles. The summed E-state index contributed by atoms with van der Waals surface area (Å²) in [5.41, 5.74) is -1.94. The van der Waals surface area contributed by atoms with Gasteiger partial charge in [0.1, 0.15) is 5.82 Å². The molecule has 0 unspecified atom stereocenters. The fourth-order valence-corrected chi connectivity index (χ4v) is 6.65. The fraction of sp³-hybridized carbons (Fsp3) is 0.548. The molecule has 0 radical (unpaired) electrons. The second-order valence-corrected chi connectivity index (χ2v) is 12.1. The number of piperazine rings is 1. The molecule has 45 heavy (non-hydrogen) atoms. The number of nitrogens with zero attached hydrogens (tertiary/aromatic N) is 4. The Balaban J connectivity index is 1.35. The van der Waals surface area contributed by atoms with Crippen molar-refractivity contribution in [3.63, 3.8) is 0 Å². The molecule has 3 aliphatic rings. The summed E-state index contributed by atoms with van der Waals surface area (Å²) < 4.78 is 94.7. The van der Waals surface area contributed by atoms with Crippen LogP contribution in [0.5, 0.6) is 0 Å². The molecule has 0 bridgehead atoms. The zero-order valence-electron chi connectivity index (χ0n) is 25.1. The van der Waals surface area contributed by atoms with Crippen molar-refractivity contribution in [1.29, 1.82) is 0 Å². The molecule has 0 saturated carbocycles. The Kier molecular flexibility index (Phi) is 9.11. The van der Waals surface area contributed by atoms with Crippen molar-refractivity contribution < 1.29 is 45.2 Å². The Morgan fingerprint density at radius 2 is 1.62 bits per heavy atom. The van der Waals surface area contributed by atoms with Crippen molar-refractivity contribution in [2.75, 3.05) is 33.2 Å². The van der Waals surface area contributed by atoms with Gasteiger partial charge in [0, 0.05) is 51.7 Å². The summed E-state index contributed by atoms with van der Waals surface area (Å²) in [5, 5.41) is 1.46. The van der Waals surface area contributed by atoms with Crippen LogP contribution < -0.4 is 0 Å². The molecule has 3 saturated heterocycles. The maximum atomic E-state index is 14.0. The van der Waals surface area contributed by atoms with E-state index in [9.17, 15) is 40.3 Å². The number of benzene rings is 2. The van der Waals surface area contributed by atoms with E-state index in [0.29, 0.717) is 50.0 Å². The number of hydrogen-bond donors (Lipinski definition) is 0. The van der Waals surface area contributed by atoms with Crippen LogP contribution in [0.4, 0.5) is 35.5 Å². The van der Waals surface area contributed by atoms with Crippen molar-refractivity contribution in [3.05, 3.63) is 70.0 Å². The number of hydroxylamine groups is 2. The molecule has 14 heteroatoms. The van der Waals surface area contributed by atoms with Gasteiger partial charge in [0.05, 0.1) is 23.2 Å². The van der Waals surface area contributed by atoms with E-state index in [-0.39, 0.29) is 36.2 Å². The monoisotopic (exact) mass is 644 g/mol. The van der Waals surface area contributed by atoms with Crippen LogP contribution in [-0.2, 0) is 22.0 Å². The minimum Gasteiger partial charge on any atom is -0.350 e. The van der Waals surface area contributed by atoms with Gasteiger partial charge in [-0.25, -0.2) is 9.18 Å². The SMILES string of the molecule is Cc1cc(F)ccc1[C@H]1C[C@@H](N2CCN3C(=O)CC[C@H]3C2)CCN1OC(=O)N(C)[C@H](C)c1cc(C(F)(F)F)cc(C(F)(F)F)c1. The van der Waals surface area contributed by atoms with E-state index in [1.807, 2.05) is 4.90 Å². The number of aryl methyl sites for hydroxylation is 1. The third-order valence-electron chi connectivity index (χ3n) is 9.32. The van der Waals surface area contributed by atoms with Crippen LogP contribution in [0.2, 0.25) is 0 Å². The first kappa shape index (κ1) is 33.0. The van der Waals surface area contributed by atoms with Crippen molar-refractivity contribution in [2.24, 2.45) is 0 Å². The third-order valence-corrected chi connectivity index (χ3v) is 9.32. The standard InChI is InChI=1S/C31H35F7N4O3/c1-18-12-23(32)4-6-26(18)27-16-24(40-10-11-41-25(17-40)5-7-28(41)43)8-9-42(27)45-29(44)39(3)19(2)20-13-21(30(33,34)35)15-22(14-20)31(36,37)38/h4,6,12-15,19,24-25,27H,5,7-11,16-17H2,1-3H3/t19-,24+,25+,27-/m1/s1. The molecule has 246 valence electrons. The van der Waals surface area contributed by atoms with E-state index >= 15 is 0 Å². The predicted molar refractivity (Wildman–Crippen MR) is 149 cm³/mol. The van der Waals surface area contributed by atoms with Gasteiger partial charge in [-0.3, -0.25) is 9.69 Å². The predicted octanol–water partition coefficient (Wildman–Crippen LogP) is 6.73. The molecule has 7 nitrogen and oxygen atoms in total. The van der Waals surface area contributed by atoms with Gasteiger partial charge < -0.3 is 14.6 Å². The molecule has 2 aromatic carbocycles. The Labute approximate surface area is 256 Å². The lowest BCUT2D eigenvalue weighted by Gasteiger charge is -2.46. The Morgan fingerprint density at radius 1 is 0.956 bits per heavy atom. The first-order chi connectivity index (χ1) is 21.0. The highest BCUT2D eigenvalue weighted by Crippen LogP contribution is 2.40. The Bertz CT molecular complexity index is 1400. The lowest BCUT2D eigenvalue weighted by molar-refractivity contribution is -0.168. The molecular formula is C31H35F7N4O3. The van der Waals surface area contributed by atoms with E-state index in [2.05, 4.69) is 4.90 Å². The van der Waals surface area contributed by atoms with Crippen molar-refractivity contribution in [2.45, 2.75) is 76.1 Å².